The predicted molar refractivity (Wildman–Crippen MR) is 115 cm³/mol. The van der Waals surface area contributed by atoms with Crippen LogP contribution in [-0.4, -0.2) is 36.0 Å². The van der Waals surface area contributed by atoms with E-state index in [0.29, 0.717) is 17.1 Å². The Morgan fingerprint density at radius 1 is 1.00 bits per heavy atom. The first-order valence-corrected chi connectivity index (χ1v) is 9.66. The largest absolute Gasteiger partial charge is 0.507 e. The molecule has 8 heteroatoms. The fourth-order valence-corrected chi connectivity index (χ4v) is 3.74. The van der Waals surface area contributed by atoms with Crippen molar-refractivity contribution < 1.29 is 28.6 Å². The van der Waals surface area contributed by atoms with Crippen LogP contribution in [0.1, 0.15) is 17.3 Å². The number of para-hydroxylation sites is 2. The van der Waals surface area contributed by atoms with Crippen molar-refractivity contribution in [3.63, 3.8) is 0 Å². The molecule has 1 saturated heterocycles. The highest BCUT2D eigenvalue weighted by Gasteiger charge is 2.48. The smallest absolute Gasteiger partial charge is 0.300 e. The van der Waals surface area contributed by atoms with Crippen LogP contribution in [-0.2, 0) is 9.59 Å². The molecule has 1 aliphatic heterocycles. The van der Waals surface area contributed by atoms with E-state index in [1.807, 2.05) is 0 Å². The van der Waals surface area contributed by atoms with Crippen LogP contribution >= 0.6 is 0 Å². The number of methoxy groups -OCH3 is 2. The number of amides is 1. The summed E-state index contributed by atoms with van der Waals surface area (Å²) in [5, 5.41) is 11.1. The van der Waals surface area contributed by atoms with Crippen LogP contribution in [0.2, 0.25) is 0 Å². The third-order valence-corrected chi connectivity index (χ3v) is 5.17. The molecule has 0 aliphatic carbocycles. The van der Waals surface area contributed by atoms with Crippen molar-refractivity contribution in [2.45, 2.75) is 6.04 Å². The summed E-state index contributed by atoms with van der Waals surface area (Å²) in [5.41, 5.74) is 0.391. The van der Waals surface area contributed by atoms with Gasteiger partial charge in [0.05, 0.1) is 36.7 Å². The second kappa shape index (κ2) is 8.50. The van der Waals surface area contributed by atoms with Crippen molar-refractivity contribution >= 4 is 23.1 Å². The Labute approximate surface area is 183 Å². The zero-order valence-corrected chi connectivity index (χ0v) is 17.3. The van der Waals surface area contributed by atoms with Crippen LogP contribution in [0.3, 0.4) is 0 Å². The number of ether oxygens (including phenoxy) is 2. The number of benzene rings is 2. The highest BCUT2D eigenvalue weighted by atomic mass is 19.1. The van der Waals surface area contributed by atoms with Gasteiger partial charge in [-0.15, -0.1) is 0 Å². The first kappa shape index (κ1) is 21.0. The number of ketones is 1. The van der Waals surface area contributed by atoms with Crippen molar-refractivity contribution in [1.29, 1.82) is 0 Å². The van der Waals surface area contributed by atoms with Gasteiger partial charge in [-0.3, -0.25) is 19.5 Å². The molecule has 32 heavy (non-hydrogen) atoms. The van der Waals surface area contributed by atoms with Crippen molar-refractivity contribution in [3.05, 3.63) is 89.5 Å². The third-order valence-electron chi connectivity index (χ3n) is 5.17. The minimum atomic E-state index is -1.07. The molecule has 1 atom stereocenters. The third kappa shape index (κ3) is 3.45. The Morgan fingerprint density at radius 2 is 1.72 bits per heavy atom. The lowest BCUT2D eigenvalue weighted by Gasteiger charge is -2.26. The minimum Gasteiger partial charge on any atom is -0.507 e. The molecule has 0 spiro atoms. The number of hydrogen-bond donors (Lipinski definition) is 1. The van der Waals surface area contributed by atoms with Gasteiger partial charge in [0.2, 0.25) is 0 Å². The molecule has 2 heterocycles. The Balaban J connectivity index is 2.00. The lowest BCUT2D eigenvalue weighted by molar-refractivity contribution is -0.132. The van der Waals surface area contributed by atoms with E-state index in [1.54, 1.807) is 42.5 Å². The summed E-state index contributed by atoms with van der Waals surface area (Å²) in [6, 6.07) is 14.2. The summed E-state index contributed by atoms with van der Waals surface area (Å²) >= 11 is 0. The molecule has 7 nitrogen and oxygen atoms in total. The fraction of sp³-hybridized carbons (Fsp3) is 0.125. The van der Waals surface area contributed by atoms with Crippen LogP contribution < -0.4 is 14.4 Å². The number of pyridine rings is 1. The number of aliphatic hydroxyl groups is 1. The van der Waals surface area contributed by atoms with E-state index in [9.17, 15) is 19.1 Å². The zero-order valence-electron chi connectivity index (χ0n) is 17.3. The molecule has 2 aromatic carbocycles. The van der Waals surface area contributed by atoms with Gasteiger partial charge in [-0.25, -0.2) is 4.39 Å². The number of halogens is 1. The molecule has 162 valence electrons. The maximum Gasteiger partial charge on any atom is 0.300 e. The quantitative estimate of drug-likeness (QED) is 0.373. The lowest BCUT2D eigenvalue weighted by atomic mass is 9.97. The maximum atomic E-state index is 14.0. The molecule has 3 aromatic rings. The molecule has 0 saturated carbocycles. The summed E-state index contributed by atoms with van der Waals surface area (Å²) in [4.78, 5) is 31.9. The van der Waals surface area contributed by atoms with E-state index in [1.165, 1.54) is 37.4 Å². The zero-order chi connectivity index (χ0) is 22.8. The van der Waals surface area contributed by atoms with Gasteiger partial charge in [0, 0.05) is 6.20 Å². The minimum absolute atomic E-state index is 0.0496. The number of hydrogen-bond acceptors (Lipinski definition) is 6. The van der Waals surface area contributed by atoms with Gasteiger partial charge in [-0.05, 0) is 42.5 Å². The number of anilines is 1. The van der Waals surface area contributed by atoms with Crippen LogP contribution in [0.25, 0.3) is 5.76 Å². The van der Waals surface area contributed by atoms with E-state index in [0.717, 1.165) is 6.07 Å². The normalized spacial score (nSPS) is 17.5. The Hall–Kier alpha value is -4.20. The van der Waals surface area contributed by atoms with Crippen molar-refractivity contribution in [2.24, 2.45) is 0 Å². The van der Waals surface area contributed by atoms with E-state index >= 15 is 0 Å². The van der Waals surface area contributed by atoms with E-state index in [4.69, 9.17) is 9.47 Å². The highest BCUT2D eigenvalue weighted by Crippen LogP contribution is 2.45. The molecule has 1 aromatic heterocycles. The SMILES string of the molecule is COc1ccc(F)cc1/C(O)=C1\C(=O)C(=O)N(c2ccccc2OC)C1c1ccccn1. The molecule has 1 aliphatic rings. The second-order valence-corrected chi connectivity index (χ2v) is 6.94. The van der Waals surface area contributed by atoms with Gasteiger partial charge in [0.15, 0.2) is 0 Å². The molecule has 1 fully saturated rings. The Kier molecular flexibility index (Phi) is 5.59. The molecule has 4 rings (SSSR count). The molecule has 0 radical (unpaired) electrons. The first-order valence-electron chi connectivity index (χ1n) is 9.66. The first-order chi connectivity index (χ1) is 15.5. The predicted octanol–water partition coefficient (Wildman–Crippen LogP) is 3.86. The summed E-state index contributed by atoms with van der Waals surface area (Å²) in [6.07, 6.45) is 1.51. The average Bonchev–Trinajstić information content (AvgIpc) is 3.09. The molecule has 1 N–H and O–H groups in total. The topological polar surface area (TPSA) is 89.0 Å². The fourth-order valence-electron chi connectivity index (χ4n) is 3.74. The Morgan fingerprint density at radius 3 is 2.41 bits per heavy atom. The molecule has 1 amide bonds. The summed E-state index contributed by atoms with van der Waals surface area (Å²) in [5.74, 6) is -2.50. The van der Waals surface area contributed by atoms with E-state index in [-0.39, 0.29) is 16.9 Å². The number of carbonyl (C=O) groups is 2. The van der Waals surface area contributed by atoms with E-state index in [2.05, 4.69) is 4.98 Å². The number of aromatic nitrogens is 1. The summed E-state index contributed by atoms with van der Waals surface area (Å²) in [7, 11) is 2.80. The summed E-state index contributed by atoms with van der Waals surface area (Å²) < 4.78 is 24.6. The molecule has 1 unspecified atom stereocenters. The molecule has 0 bridgehead atoms. The molecular formula is C24H19FN2O5. The molecular weight excluding hydrogens is 415 g/mol. The van der Waals surface area contributed by atoms with Gasteiger partial charge < -0.3 is 14.6 Å². The van der Waals surface area contributed by atoms with Crippen LogP contribution in [0.15, 0.2) is 72.4 Å². The monoisotopic (exact) mass is 434 g/mol. The number of carbonyl (C=O) groups excluding carboxylic acids is 2. The van der Waals surface area contributed by atoms with Crippen molar-refractivity contribution in [1.82, 2.24) is 4.98 Å². The van der Waals surface area contributed by atoms with Gasteiger partial charge in [-0.2, -0.15) is 0 Å². The van der Waals surface area contributed by atoms with Gasteiger partial charge in [-0.1, -0.05) is 18.2 Å². The maximum absolute atomic E-state index is 14.0. The number of aliphatic hydroxyl groups excluding tert-OH is 1. The Bertz CT molecular complexity index is 1230. The summed E-state index contributed by atoms with van der Waals surface area (Å²) in [6.45, 7) is 0. The van der Waals surface area contributed by atoms with Crippen LogP contribution in [0, 0.1) is 5.82 Å². The van der Waals surface area contributed by atoms with Crippen molar-refractivity contribution in [2.75, 3.05) is 19.1 Å². The number of Topliss-reactive ketones (excluding diaryl/α,β-unsaturated/α-hetero) is 1. The van der Waals surface area contributed by atoms with Crippen LogP contribution in [0.5, 0.6) is 11.5 Å². The average molecular weight is 434 g/mol. The van der Waals surface area contributed by atoms with Gasteiger partial charge in [0.1, 0.15) is 29.1 Å². The highest BCUT2D eigenvalue weighted by molar-refractivity contribution is 6.51. The van der Waals surface area contributed by atoms with E-state index < -0.39 is 29.3 Å². The standard InChI is InChI=1S/C24H19FN2O5/c1-31-18-11-10-14(25)13-15(18)22(28)20-21(16-7-5-6-12-26-16)27(24(30)23(20)29)17-8-3-4-9-19(17)32-2/h3-13,21,28H,1-2H3/b22-20+. The van der Waals surface area contributed by atoms with Gasteiger partial charge in [0.25, 0.3) is 11.7 Å². The number of rotatable bonds is 5. The lowest BCUT2D eigenvalue weighted by Crippen LogP contribution is -2.30. The van der Waals surface area contributed by atoms with Crippen molar-refractivity contribution in [3.8, 4) is 11.5 Å². The number of nitrogens with zero attached hydrogens (tertiary/aromatic N) is 2. The second-order valence-electron chi connectivity index (χ2n) is 6.94. The van der Waals surface area contributed by atoms with Gasteiger partial charge >= 0.3 is 0 Å². The van der Waals surface area contributed by atoms with Crippen LogP contribution in [0.4, 0.5) is 10.1 Å².